The third kappa shape index (κ3) is 2.91. The van der Waals surface area contributed by atoms with Gasteiger partial charge in [0, 0.05) is 32.2 Å². The standard InChI is InChI=1S/C12H11ClFN3/c1-17(8-9-3-2-4-15-6-9)12-11(14)5-10(13)7-16-12/h2-7H,8H2,1H3. The van der Waals surface area contributed by atoms with Crippen LogP contribution in [-0.4, -0.2) is 17.0 Å². The third-order valence-electron chi connectivity index (χ3n) is 2.29. The zero-order chi connectivity index (χ0) is 12.3. The first-order chi connectivity index (χ1) is 8.16. The van der Waals surface area contributed by atoms with Gasteiger partial charge in [-0.15, -0.1) is 0 Å². The molecule has 88 valence electrons. The van der Waals surface area contributed by atoms with E-state index in [1.165, 1.54) is 12.3 Å². The first-order valence-corrected chi connectivity index (χ1v) is 5.45. The van der Waals surface area contributed by atoms with Crippen molar-refractivity contribution < 1.29 is 4.39 Å². The summed E-state index contributed by atoms with van der Waals surface area (Å²) in [5, 5.41) is 0.293. The molecule has 0 spiro atoms. The SMILES string of the molecule is CN(Cc1cccnc1)c1ncc(Cl)cc1F. The molecule has 0 saturated heterocycles. The topological polar surface area (TPSA) is 29.0 Å². The fourth-order valence-corrected chi connectivity index (χ4v) is 1.67. The minimum atomic E-state index is -0.427. The number of halogens is 2. The van der Waals surface area contributed by atoms with Crippen LogP contribution in [0.3, 0.4) is 0 Å². The number of pyridine rings is 2. The lowest BCUT2D eigenvalue weighted by Gasteiger charge is -2.18. The lowest BCUT2D eigenvalue weighted by Crippen LogP contribution is -2.19. The van der Waals surface area contributed by atoms with Crippen LogP contribution in [0, 0.1) is 5.82 Å². The highest BCUT2D eigenvalue weighted by Gasteiger charge is 2.10. The van der Waals surface area contributed by atoms with Crippen molar-refractivity contribution in [3.63, 3.8) is 0 Å². The Labute approximate surface area is 104 Å². The molecule has 0 atom stereocenters. The second kappa shape index (κ2) is 5.10. The van der Waals surface area contributed by atoms with E-state index in [2.05, 4.69) is 9.97 Å². The van der Waals surface area contributed by atoms with Gasteiger partial charge in [-0.3, -0.25) is 4.98 Å². The molecule has 5 heteroatoms. The minimum Gasteiger partial charge on any atom is -0.353 e. The van der Waals surface area contributed by atoms with Crippen LogP contribution in [0.5, 0.6) is 0 Å². The second-order valence-corrected chi connectivity index (χ2v) is 4.11. The number of nitrogens with zero attached hydrogens (tertiary/aromatic N) is 3. The van der Waals surface area contributed by atoms with Crippen LogP contribution in [-0.2, 0) is 6.54 Å². The lowest BCUT2D eigenvalue weighted by molar-refractivity contribution is 0.615. The Balaban J connectivity index is 2.17. The van der Waals surface area contributed by atoms with Crippen molar-refractivity contribution in [3.8, 4) is 0 Å². The van der Waals surface area contributed by atoms with Gasteiger partial charge in [0.05, 0.1) is 5.02 Å². The van der Waals surface area contributed by atoms with Gasteiger partial charge in [0.2, 0.25) is 0 Å². The molecule has 0 aliphatic heterocycles. The fraction of sp³-hybridized carbons (Fsp3) is 0.167. The molecule has 2 heterocycles. The Morgan fingerprint density at radius 2 is 2.24 bits per heavy atom. The van der Waals surface area contributed by atoms with Crippen molar-refractivity contribution in [1.29, 1.82) is 0 Å². The van der Waals surface area contributed by atoms with E-state index in [0.717, 1.165) is 5.56 Å². The van der Waals surface area contributed by atoms with Crippen LogP contribution < -0.4 is 4.90 Å². The highest BCUT2D eigenvalue weighted by atomic mass is 35.5. The summed E-state index contributed by atoms with van der Waals surface area (Å²) in [5.41, 5.74) is 0.992. The van der Waals surface area contributed by atoms with Gasteiger partial charge in [-0.05, 0) is 17.7 Å². The molecule has 0 N–H and O–H groups in total. The molecule has 0 fully saturated rings. The molecule has 2 aromatic rings. The average Bonchev–Trinajstić information content (AvgIpc) is 2.30. The van der Waals surface area contributed by atoms with Gasteiger partial charge in [-0.25, -0.2) is 9.37 Å². The highest BCUT2D eigenvalue weighted by Crippen LogP contribution is 2.19. The number of aromatic nitrogens is 2. The zero-order valence-corrected chi connectivity index (χ0v) is 10.0. The Morgan fingerprint density at radius 3 is 2.88 bits per heavy atom. The molecule has 2 rings (SSSR count). The van der Waals surface area contributed by atoms with E-state index in [1.54, 1.807) is 24.3 Å². The molecule has 0 amide bonds. The quantitative estimate of drug-likeness (QED) is 0.840. The Bertz CT molecular complexity index is 504. The summed E-state index contributed by atoms with van der Waals surface area (Å²) < 4.78 is 13.6. The molecule has 0 aliphatic rings. The van der Waals surface area contributed by atoms with Gasteiger partial charge in [0.25, 0.3) is 0 Å². The van der Waals surface area contributed by atoms with E-state index < -0.39 is 5.82 Å². The normalized spacial score (nSPS) is 10.3. The summed E-state index contributed by atoms with van der Waals surface area (Å²) in [6, 6.07) is 5.02. The van der Waals surface area contributed by atoms with E-state index in [9.17, 15) is 4.39 Å². The van der Waals surface area contributed by atoms with Crippen molar-refractivity contribution in [2.45, 2.75) is 6.54 Å². The molecule has 0 aromatic carbocycles. The predicted molar refractivity (Wildman–Crippen MR) is 65.5 cm³/mol. The molecule has 0 aliphatic carbocycles. The van der Waals surface area contributed by atoms with E-state index in [4.69, 9.17) is 11.6 Å². The Morgan fingerprint density at radius 1 is 1.41 bits per heavy atom. The number of anilines is 1. The summed E-state index contributed by atoms with van der Waals surface area (Å²) in [7, 11) is 1.77. The smallest absolute Gasteiger partial charge is 0.167 e. The lowest BCUT2D eigenvalue weighted by atomic mass is 10.2. The van der Waals surface area contributed by atoms with Gasteiger partial charge in [-0.1, -0.05) is 17.7 Å². The molecule has 0 saturated carbocycles. The van der Waals surface area contributed by atoms with Crippen molar-refractivity contribution in [2.75, 3.05) is 11.9 Å². The number of hydrogen-bond acceptors (Lipinski definition) is 3. The molecular weight excluding hydrogens is 241 g/mol. The summed E-state index contributed by atoms with van der Waals surface area (Å²) in [4.78, 5) is 9.69. The summed E-state index contributed by atoms with van der Waals surface area (Å²) in [5.74, 6) is -0.151. The molecule has 0 bridgehead atoms. The fourth-order valence-electron chi connectivity index (χ4n) is 1.53. The van der Waals surface area contributed by atoms with Gasteiger partial charge in [0.15, 0.2) is 11.6 Å². The number of rotatable bonds is 3. The molecule has 0 radical (unpaired) electrons. The van der Waals surface area contributed by atoms with Gasteiger partial charge in [0.1, 0.15) is 0 Å². The maximum atomic E-state index is 13.6. The van der Waals surface area contributed by atoms with Crippen molar-refractivity contribution >= 4 is 17.4 Å². The van der Waals surface area contributed by atoms with Crippen molar-refractivity contribution in [3.05, 3.63) is 53.2 Å². The minimum absolute atomic E-state index is 0.276. The van der Waals surface area contributed by atoms with Gasteiger partial charge >= 0.3 is 0 Å². The van der Waals surface area contributed by atoms with E-state index in [0.29, 0.717) is 11.6 Å². The third-order valence-corrected chi connectivity index (χ3v) is 2.50. The monoisotopic (exact) mass is 251 g/mol. The van der Waals surface area contributed by atoms with Crippen LogP contribution in [0.1, 0.15) is 5.56 Å². The average molecular weight is 252 g/mol. The maximum Gasteiger partial charge on any atom is 0.167 e. The first kappa shape index (κ1) is 11.8. The summed E-state index contributed by atoms with van der Waals surface area (Å²) in [6.45, 7) is 0.541. The molecule has 2 aromatic heterocycles. The van der Waals surface area contributed by atoms with Crippen LogP contribution in [0.4, 0.5) is 10.2 Å². The van der Waals surface area contributed by atoms with E-state index in [-0.39, 0.29) is 5.82 Å². The molecule has 17 heavy (non-hydrogen) atoms. The Kier molecular flexibility index (Phi) is 3.54. The van der Waals surface area contributed by atoms with Crippen LogP contribution in [0.25, 0.3) is 0 Å². The zero-order valence-electron chi connectivity index (χ0n) is 9.27. The van der Waals surface area contributed by atoms with Crippen molar-refractivity contribution in [2.24, 2.45) is 0 Å². The van der Waals surface area contributed by atoms with Crippen molar-refractivity contribution in [1.82, 2.24) is 9.97 Å². The maximum absolute atomic E-state index is 13.6. The largest absolute Gasteiger partial charge is 0.353 e. The van der Waals surface area contributed by atoms with Crippen LogP contribution >= 0.6 is 11.6 Å². The highest BCUT2D eigenvalue weighted by molar-refractivity contribution is 6.30. The second-order valence-electron chi connectivity index (χ2n) is 3.68. The molecule has 3 nitrogen and oxygen atoms in total. The summed E-state index contributed by atoms with van der Waals surface area (Å²) in [6.07, 6.45) is 4.87. The first-order valence-electron chi connectivity index (χ1n) is 5.08. The molecular formula is C12H11ClFN3. The van der Waals surface area contributed by atoms with Gasteiger partial charge < -0.3 is 4.90 Å². The number of hydrogen-bond donors (Lipinski definition) is 0. The van der Waals surface area contributed by atoms with E-state index in [1.807, 2.05) is 12.1 Å². The Hall–Kier alpha value is -1.68. The summed E-state index contributed by atoms with van der Waals surface area (Å²) >= 11 is 5.65. The molecule has 0 unspecified atom stereocenters. The van der Waals surface area contributed by atoms with Gasteiger partial charge in [-0.2, -0.15) is 0 Å². The van der Waals surface area contributed by atoms with Crippen LogP contribution in [0.2, 0.25) is 5.02 Å². The predicted octanol–water partition coefficient (Wildman–Crippen LogP) is 2.91. The van der Waals surface area contributed by atoms with Crippen LogP contribution in [0.15, 0.2) is 36.8 Å². The van der Waals surface area contributed by atoms with E-state index >= 15 is 0 Å².